The fourth-order valence-corrected chi connectivity index (χ4v) is 2.07. The van der Waals surface area contributed by atoms with Crippen molar-refractivity contribution in [3.8, 4) is 17.6 Å². The standard InChI is InChI=1S/C18H19NO2/c1-14-5-7-15(8-6-14)4-3-11-21-18-12-16(13-19)9-10-17(18)20-2/h5-10,12H,3-4,11H2,1-2H3. The van der Waals surface area contributed by atoms with E-state index in [1.807, 2.05) is 0 Å². The van der Waals surface area contributed by atoms with Gasteiger partial charge in [-0.25, -0.2) is 0 Å². The van der Waals surface area contributed by atoms with Crippen molar-refractivity contribution in [2.24, 2.45) is 0 Å². The van der Waals surface area contributed by atoms with E-state index in [4.69, 9.17) is 14.7 Å². The zero-order valence-electron chi connectivity index (χ0n) is 12.4. The first-order valence-corrected chi connectivity index (χ1v) is 6.99. The van der Waals surface area contributed by atoms with Gasteiger partial charge < -0.3 is 9.47 Å². The quantitative estimate of drug-likeness (QED) is 0.754. The van der Waals surface area contributed by atoms with Crippen molar-refractivity contribution in [2.75, 3.05) is 13.7 Å². The molecule has 0 heterocycles. The molecule has 2 aromatic carbocycles. The number of nitrogens with zero attached hydrogens (tertiary/aromatic N) is 1. The second-order valence-electron chi connectivity index (χ2n) is 4.92. The summed E-state index contributed by atoms with van der Waals surface area (Å²) in [6, 6.07) is 15.8. The molecule has 108 valence electrons. The van der Waals surface area contributed by atoms with Crippen LogP contribution in [0.25, 0.3) is 0 Å². The van der Waals surface area contributed by atoms with Crippen LogP contribution in [0.5, 0.6) is 11.5 Å². The monoisotopic (exact) mass is 281 g/mol. The molecule has 0 spiro atoms. The molecule has 2 aromatic rings. The molecule has 3 nitrogen and oxygen atoms in total. The lowest BCUT2D eigenvalue weighted by atomic mass is 10.1. The molecule has 0 aliphatic heterocycles. The summed E-state index contributed by atoms with van der Waals surface area (Å²) in [4.78, 5) is 0. The molecule has 0 unspecified atom stereocenters. The molecule has 3 heteroatoms. The minimum absolute atomic E-state index is 0.573. The minimum atomic E-state index is 0.573. The summed E-state index contributed by atoms with van der Waals surface area (Å²) in [5.41, 5.74) is 3.15. The Kier molecular flexibility index (Phi) is 5.22. The number of ether oxygens (including phenoxy) is 2. The summed E-state index contributed by atoms with van der Waals surface area (Å²) in [7, 11) is 1.60. The van der Waals surface area contributed by atoms with Crippen molar-refractivity contribution in [2.45, 2.75) is 19.8 Å². The summed E-state index contributed by atoms with van der Waals surface area (Å²) < 4.78 is 11.0. The molecular weight excluding hydrogens is 262 g/mol. The van der Waals surface area contributed by atoms with Gasteiger partial charge in [-0.15, -0.1) is 0 Å². The summed E-state index contributed by atoms with van der Waals surface area (Å²) in [5.74, 6) is 1.28. The lowest BCUT2D eigenvalue weighted by Crippen LogP contribution is -2.01. The minimum Gasteiger partial charge on any atom is -0.493 e. The first-order chi connectivity index (χ1) is 10.2. The van der Waals surface area contributed by atoms with Gasteiger partial charge in [0.25, 0.3) is 0 Å². The number of rotatable bonds is 6. The van der Waals surface area contributed by atoms with Crippen molar-refractivity contribution in [1.82, 2.24) is 0 Å². The highest BCUT2D eigenvalue weighted by Crippen LogP contribution is 2.27. The van der Waals surface area contributed by atoms with Crippen LogP contribution in [0.3, 0.4) is 0 Å². The van der Waals surface area contributed by atoms with Crippen molar-refractivity contribution in [3.05, 3.63) is 59.2 Å². The summed E-state index contributed by atoms with van der Waals surface area (Å²) >= 11 is 0. The molecule has 2 rings (SSSR count). The van der Waals surface area contributed by atoms with Gasteiger partial charge in [-0.3, -0.25) is 0 Å². The number of benzene rings is 2. The maximum atomic E-state index is 8.92. The first kappa shape index (κ1) is 14.9. The Morgan fingerprint density at radius 1 is 1.05 bits per heavy atom. The van der Waals surface area contributed by atoms with E-state index >= 15 is 0 Å². The third kappa shape index (κ3) is 4.25. The Balaban J connectivity index is 1.88. The van der Waals surface area contributed by atoms with Crippen molar-refractivity contribution >= 4 is 0 Å². The average molecular weight is 281 g/mol. The Morgan fingerprint density at radius 2 is 1.81 bits per heavy atom. The van der Waals surface area contributed by atoms with Crippen LogP contribution < -0.4 is 9.47 Å². The Labute approximate surface area is 125 Å². The third-order valence-electron chi connectivity index (χ3n) is 3.28. The Bertz CT molecular complexity index is 627. The third-order valence-corrected chi connectivity index (χ3v) is 3.28. The second kappa shape index (κ2) is 7.35. The highest BCUT2D eigenvalue weighted by atomic mass is 16.5. The molecule has 0 N–H and O–H groups in total. The number of aryl methyl sites for hydroxylation is 2. The number of methoxy groups -OCH3 is 1. The molecule has 0 fully saturated rings. The molecule has 21 heavy (non-hydrogen) atoms. The largest absolute Gasteiger partial charge is 0.493 e. The maximum absolute atomic E-state index is 8.92. The maximum Gasteiger partial charge on any atom is 0.162 e. The van der Waals surface area contributed by atoms with E-state index in [0.717, 1.165) is 12.8 Å². The van der Waals surface area contributed by atoms with Crippen LogP contribution in [0.15, 0.2) is 42.5 Å². The van der Waals surface area contributed by atoms with E-state index in [0.29, 0.717) is 23.7 Å². The van der Waals surface area contributed by atoms with E-state index in [1.54, 1.807) is 25.3 Å². The highest BCUT2D eigenvalue weighted by molar-refractivity contribution is 5.46. The molecule has 0 bridgehead atoms. The number of hydrogen-bond donors (Lipinski definition) is 0. The van der Waals surface area contributed by atoms with Gasteiger partial charge in [-0.1, -0.05) is 29.8 Å². The average Bonchev–Trinajstić information content (AvgIpc) is 2.53. The van der Waals surface area contributed by atoms with Crippen LogP contribution in [0.2, 0.25) is 0 Å². The van der Waals surface area contributed by atoms with E-state index in [2.05, 4.69) is 37.3 Å². The smallest absolute Gasteiger partial charge is 0.162 e. The SMILES string of the molecule is COc1ccc(C#N)cc1OCCCc1ccc(C)cc1. The van der Waals surface area contributed by atoms with E-state index in [9.17, 15) is 0 Å². The van der Waals surface area contributed by atoms with Crippen LogP contribution in [0.4, 0.5) is 0 Å². The van der Waals surface area contributed by atoms with Crippen molar-refractivity contribution in [1.29, 1.82) is 5.26 Å². The van der Waals surface area contributed by atoms with Crippen molar-refractivity contribution < 1.29 is 9.47 Å². The molecule has 0 aliphatic carbocycles. The Morgan fingerprint density at radius 3 is 2.48 bits per heavy atom. The molecule has 0 saturated carbocycles. The van der Waals surface area contributed by atoms with Crippen LogP contribution >= 0.6 is 0 Å². The Hall–Kier alpha value is -2.47. The van der Waals surface area contributed by atoms with Crippen molar-refractivity contribution in [3.63, 3.8) is 0 Å². The van der Waals surface area contributed by atoms with Crippen LogP contribution in [-0.2, 0) is 6.42 Å². The normalized spacial score (nSPS) is 9.95. The van der Waals surface area contributed by atoms with E-state index < -0.39 is 0 Å². The van der Waals surface area contributed by atoms with Gasteiger partial charge in [-0.2, -0.15) is 5.26 Å². The molecule has 0 saturated heterocycles. The predicted molar refractivity (Wildman–Crippen MR) is 82.7 cm³/mol. The topological polar surface area (TPSA) is 42.2 Å². The fourth-order valence-electron chi connectivity index (χ4n) is 2.07. The van der Waals surface area contributed by atoms with Gasteiger partial charge in [-0.05, 0) is 37.5 Å². The van der Waals surface area contributed by atoms with E-state index in [1.165, 1.54) is 11.1 Å². The van der Waals surface area contributed by atoms with E-state index in [-0.39, 0.29) is 0 Å². The zero-order valence-corrected chi connectivity index (χ0v) is 12.4. The predicted octanol–water partition coefficient (Wildman–Crippen LogP) is 3.89. The lowest BCUT2D eigenvalue weighted by molar-refractivity contribution is 0.289. The molecule has 0 amide bonds. The zero-order chi connectivity index (χ0) is 15.1. The van der Waals surface area contributed by atoms with Crippen LogP contribution in [0, 0.1) is 18.3 Å². The fraction of sp³-hybridized carbons (Fsp3) is 0.278. The molecule has 0 aromatic heterocycles. The van der Waals surface area contributed by atoms with Gasteiger partial charge in [0.05, 0.1) is 25.3 Å². The summed E-state index contributed by atoms with van der Waals surface area (Å²) in [6.07, 6.45) is 1.89. The van der Waals surface area contributed by atoms with Gasteiger partial charge in [0.2, 0.25) is 0 Å². The van der Waals surface area contributed by atoms with Gasteiger partial charge in [0, 0.05) is 6.07 Å². The van der Waals surface area contributed by atoms with Crippen LogP contribution in [-0.4, -0.2) is 13.7 Å². The molecular formula is C18H19NO2. The van der Waals surface area contributed by atoms with Gasteiger partial charge in [0.1, 0.15) is 0 Å². The van der Waals surface area contributed by atoms with Gasteiger partial charge >= 0.3 is 0 Å². The molecule has 0 atom stereocenters. The molecule has 0 aliphatic rings. The highest BCUT2D eigenvalue weighted by Gasteiger charge is 2.05. The van der Waals surface area contributed by atoms with Gasteiger partial charge in [0.15, 0.2) is 11.5 Å². The number of nitriles is 1. The number of hydrogen-bond acceptors (Lipinski definition) is 3. The first-order valence-electron chi connectivity index (χ1n) is 6.99. The molecule has 0 radical (unpaired) electrons. The summed E-state index contributed by atoms with van der Waals surface area (Å²) in [5, 5.41) is 8.92. The van der Waals surface area contributed by atoms with Crippen LogP contribution in [0.1, 0.15) is 23.1 Å². The second-order valence-corrected chi connectivity index (χ2v) is 4.92. The lowest BCUT2D eigenvalue weighted by Gasteiger charge is -2.11. The summed E-state index contributed by atoms with van der Waals surface area (Å²) in [6.45, 7) is 2.68.